The fourth-order valence-corrected chi connectivity index (χ4v) is 2.57. The Kier molecular flexibility index (Phi) is 4.88. The average Bonchev–Trinajstić information content (AvgIpc) is 3.04. The normalized spacial score (nSPS) is 17.0. The predicted molar refractivity (Wildman–Crippen MR) is 88.0 cm³/mol. The lowest BCUT2D eigenvalue weighted by molar-refractivity contribution is -0.115. The average molecular weight is 314 g/mol. The highest BCUT2D eigenvalue weighted by Gasteiger charge is 2.16. The first-order chi connectivity index (χ1) is 11.2. The first-order valence-corrected chi connectivity index (χ1v) is 7.68. The van der Waals surface area contributed by atoms with Crippen molar-refractivity contribution >= 4 is 17.3 Å². The summed E-state index contributed by atoms with van der Waals surface area (Å²) in [5.74, 6) is -0.684. The topological polar surface area (TPSA) is 50.4 Å². The summed E-state index contributed by atoms with van der Waals surface area (Å²) in [7, 11) is 0. The van der Waals surface area contributed by atoms with Gasteiger partial charge < -0.3 is 15.4 Å². The number of rotatable bonds is 5. The fraction of sp³-hybridized carbons (Fsp3) is 0.278. The zero-order valence-electron chi connectivity index (χ0n) is 12.7. The minimum absolute atomic E-state index is 0.190. The second-order valence-electron chi connectivity index (χ2n) is 5.61. The van der Waals surface area contributed by atoms with Gasteiger partial charge in [-0.1, -0.05) is 30.3 Å². The van der Waals surface area contributed by atoms with Gasteiger partial charge in [0.2, 0.25) is 5.91 Å². The number of hydrogen-bond acceptors (Lipinski definition) is 3. The minimum atomic E-state index is -0.445. The number of hydrogen-bond donors (Lipinski definition) is 2. The van der Waals surface area contributed by atoms with Crippen LogP contribution in [-0.2, 0) is 16.0 Å². The molecule has 2 aromatic rings. The molecule has 120 valence electrons. The summed E-state index contributed by atoms with van der Waals surface area (Å²) in [5, 5.41) is 5.93. The maximum atomic E-state index is 13.9. The number of ether oxygens (including phenoxy) is 1. The molecule has 4 nitrogen and oxygen atoms in total. The van der Waals surface area contributed by atoms with Crippen LogP contribution >= 0.6 is 0 Å². The molecule has 0 bridgehead atoms. The van der Waals surface area contributed by atoms with Crippen molar-refractivity contribution in [2.45, 2.75) is 18.9 Å². The summed E-state index contributed by atoms with van der Waals surface area (Å²) in [6.07, 6.45) is 1.14. The maximum Gasteiger partial charge on any atom is 0.228 e. The van der Waals surface area contributed by atoms with Crippen molar-refractivity contribution in [1.29, 1.82) is 0 Å². The summed E-state index contributed by atoms with van der Waals surface area (Å²) >= 11 is 0. The lowest BCUT2D eigenvalue weighted by atomic mass is 10.1. The number of carbonyl (C=O) groups is 1. The SMILES string of the molecule is O=C(Cc1ccccc1)Nc1cc(N[C@@H]2CCOC2)ccc1F. The molecule has 2 aromatic carbocycles. The van der Waals surface area contributed by atoms with Gasteiger partial charge in [0, 0.05) is 12.3 Å². The van der Waals surface area contributed by atoms with Crippen LogP contribution in [0.3, 0.4) is 0 Å². The van der Waals surface area contributed by atoms with E-state index in [1.807, 2.05) is 30.3 Å². The molecule has 0 spiro atoms. The lowest BCUT2D eigenvalue weighted by Crippen LogP contribution is -2.19. The molecule has 0 radical (unpaired) electrons. The van der Waals surface area contributed by atoms with E-state index in [1.54, 1.807) is 12.1 Å². The molecule has 2 N–H and O–H groups in total. The molecule has 0 saturated carbocycles. The minimum Gasteiger partial charge on any atom is -0.380 e. The third-order valence-electron chi connectivity index (χ3n) is 3.75. The van der Waals surface area contributed by atoms with Crippen molar-refractivity contribution in [3.8, 4) is 0 Å². The summed E-state index contributed by atoms with van der Waals surface area (Å²) in [4.78, 5) is 12.1. The Balaban J connectivity index is 1.65. The van der Waals surface area contributed by atoms with Gasteiger partial charge in [0.1, 0.15) is 5.82 Å². The van der Waals surface area contributed by atoms with Gasteiger partial charge in [0.25, 0.3) is 0 Å². The van der Waals surface area contributed by atoms with Crippen LogP contribution in [0, 0.1) is 5.82 Å². The molecule has 1 amide bonds. The van der Waals surface area contributed by atoms with Crippen molar-refractivity contribution in [3.05, 3.63) is 59.9 Å². The Bertz CT molecular complexity index is 670. The van der Waals surface area contributed by atoms with Crippen molar-refractivity contribution in [1.82, 2.24) is 0 Å². The highest BCUT2D eigenvalue weighted by atomic mass is 19.1. The highest BCUT2D eigenvalue weighted by Crippen LogP contribution is 2.22. The Labute approximate surface area is 134 Å². The van der Waals surface area contributed by atoms with Crippen molar-refractivity contribution in [2.24, 2.45) is 0 Å². The van der Waals surface area contributed by atoms with Crippen molar-refractivity contribution < 1.29 is 13.9 Å². The van der Waals surface area contributed by atoms with Crippen molar-refractivity contribution in [2.75, 3.05) is 23.8 Å². The molecule has 0 aromatic heterocycles. The molecule has 5 heteroatoms. The van der Waals surface area contributed by atoms with Crippen LogP contribution in [-0.4, -0.2) is 25.2 Å². The number of nitrogens with one attached hydrogen (secondary N) is 2. The van der Waals surface area contributed by atoms with Crippen LogP contribution in [0.5, 0.6) is 0 Å². The Morgan fingerprint density at radius 3 is 2.78 bits per heavy atom. The molecule has 23 heavy (non-hydrogen) atoms. The largest absolute Gasteiger partial charge is 0.380 e. The monoisotopic (exact) mass is 314 g/mol. The zero-order chi connectivity index (χ0) is 16.1. The molecular weight excluding hydrogens is 295 g/mol. The number of carbonyl (C=O) groups excluding carboxylic acids is 1. The standard InChI is InChI=1S/C18H19FN2O2/c19-16-7-6-14(20-15-8-9-23-12-15)11-17(16)21-18(22)10-13-4-2-1-3-5-13/h1-7,11,15,20H,8-10,12H2,(H,21,22)/t15-/m1/s1. The van der Waals surface area contributed by atoms with Crippen LogP contribution in [0.25, 0.3) is 0 Å². The summed E-state index contributed by atoms with van der Waals surface area (Å²) in [6, 6.07) is 14.3. The quantitative estimate of drug-likeness (QED) is 0.891. The van der Waals surface area contributed by atoms with E-state index in [0.29, 0.717) is 6.61 Å². The highest BCUT2D eigenvalue weighted by molar-refractivity contribution is 5.92. The Morgan fingerprint density at radius 1 is 1.22 bits per heavy atom. The number of halogens is 1. The molecule has 1 saturated heterocycles. The van der Waals surface area contributed by atoms with Gasteiger partial charge in [-0.15, -0.1) is 0 Å². The molecule has 1 aliphatic rings. The third-order valence-corrected chi connectivity index (χ3v) is 3.75. The molecule has 0 unspecified atom stereocenters. The van der Waals surface area contributed by atoms with E-state index in [4.69, 9.17) is 4.74 Å². The second-order valence-corrected chi connectivity index (χ2v) is 5.61. The van der Waals surface area contributed by atoms with E-state index < -0.39 is 5.82 Å². The zero-order valence-corrected chi connectivity index (χ0v) is 12.7. The van der Waals surface area contributed by atoms with Gasteiger partial charge in [-0.3, -0.25) is 4.79 Å². The summed E-state index contributed by atoms with van der Waals surface area (Å²) in [5.41, 5.74) is 1.86. The first kappa shape index (κ1) is 15.5. The van der Waals surface area contributed by atoms with Gasteiger partial charge in [0.15, 0.2) is 0 Å². The molecular formula is C18H19FN2O2. The lowest BCUT2D eigenvalue weighted by Gasteiger charge is -2.14. The van der Waals surface area contributed by atoms with E-state index in [2.05, 4.69) is 10.6 Å². The molecule has 1 aliphatic heterocycles. The molecule has 0 aliphatic carbocycles. The predicted octanol–water partition coefficient (Wildman–Crippen LogP) is 3.21. The Morgan fingerprint density at radius 2 is 2.04 bits per heavy atom. The van der Waals surface area contributed by atoms with E-state index >= 15 is 0 Å². The molecule has 1 atom stereocenters. The van der Waals surface area contributed by atoms with Gasteiger partial charge >= 0.3 is 0 Å². The van der Waals surface area contributed by atoms with Crippen molar-refractivity contribution in [3.63, 3.8) is 0 Å². The third kappa shape index (κ3) is 4.29. The van der Waals surface area contributed by atoms with Gasteiger partial charge in [-0.25, -0.2) is 4.39 Å². The van der Waals surface area contributed by atoms with Crippen LogP contribution in [0.4, 0.5) is 15.8 Å². The van der Waals surface area contributed by atoms with Gasteiger partial charge in [0.05, 0.1) is 24.8 Å². The van der Waals surface area contributed by atoms with Crippen LogP contribution < -0.4 is 10.6 Å². The molecule has 1 fully saturated rings. The number of anilines is 2. The van der Waals surface area contributed by atoms with Gasteiger partial charge in [-0.2, -0.15) is 0 Å². The van der Waals surface area contributed by atoms with Gasteiger partial charge in [-0.05, 0) is 30.2 Å². The van der Waals surface area contributed by atoms with E-state index in [1.165, 1.54) is 6.07 Å². The Hall–Kier alpha value is -2.40. The van der Waals surface area contributed by atoms with Crippen LogP contribution in [0.1, 0.15) is 12.0 Å². The fourth-order valence-electron chi connectivity index (χ4n) is 2.57. The number of amides is 1. The van der Waals surface area contributed by atoms with E-state index in [-0.39, 0.29) is 24.1 Å². The van der Waals surface area contributed by atoms with E-state index in [0.717, 1.165) is 24.3 Å². The second kappa shape index (κ2) is 7.24. The van der Waals surface area contributed by atoms with Crippen LogP contribution in [0.2, 0.25) is 0 Å². The smallest absolute Gasteiger partial charge is 0.228 e. The first-order valence-electron chi connectivity index (χ1n) is 7.68. The summed E-state index contributed by atoms with van der Waals surface area (Å²) in [6.45, 7) is 1.38. The number of benzene rings is 2. The molecule has 3 rings (SSSR count). The maximum absolute atomic E-state index is 13.9. The molecule has 1 heterocycles. The summed E-state index contributed by atoms with van der Waals surface area (Å²) < 4.78 is 19.2. The van der Waals surface area contributed by atoms with Crippen LogP contribution in [0.15, 0.2) is 48.5 Å². The van der Waals surface area contributed by atoms with E-state index in [9.17, 15) is 9.18 Å².